The van der Waals surface area contributed by atoms with Crippen molar-refractivity contribution in [2.24, 2.45) is 5.92 Å². The van der Waals surface area contributed by atoms with Crippen LogP contribution in [-0.4, -0.2) is 54.1 Å². The molecule has 30 heavy (non-hydrogen) atoms. The molecule has 1 unspecified atom stereocenters. The van der Waals surface area contributed by atoms with Gasteiger partial charge in [-0.3, -0.25) is 4.90 Å². The smallest absolute Gasteiger partial charge is 0.183 e. The van der Waals surface area contributed by atoms with E-state index in [-0.39, 0.29) is 0 Å². The molecule has 0 amide bonds. The molecule has 1 saturated heterocycles. The molecule has 7 heteroatoms. The molecule has 1 N–H and O–H groups in total. The van der Waals surface area contributed by atoms with Crippen LogP contribution in [0.5, 0.6) is 0 Å². The Morgan fingerprint density at radius 2 is 1.80 bits per heavy atom. The molecule has 160 valence electrons. The average molecular weight is 463 g/mol. The maximum atomic E-state index is 6.14. The van der Waals surface area contributed by atoms with Gasteiger partial charge in [-0.15, -0.1) is 0 Å². The van der Waals surface area contributed by atoms with E-state index in [1.165, 1.54) is 16.7 Å². The van der Waals surface area contributed by atoms with E-state index < -0.39 is 0 Å². The van der Waals surface area contributed by atoms with Crippen LogP contribution in [0.4, 0.5) is 5.13 Å². The van der Waals surface area contributed by atoms with Crippen LogP contribution in [0.25, 0.3) is 10.2 Å². The molecule has 2 heterocycles. The Morgan fingerprint density at radius 1 is 1.03 bits per heavy atom. The fourth-order valence-corrected chi connectivity index (χ4v) is 4.97. The van der Waals surface area contributed by atoms with Gasteiger partial charge in [-0.1, -0.05) is 59.7 Å². The summed E-state index contributed by atoms with van der Waals surface area (Å²) in [6, 6.07) is 14.2. The predicted octanol–water partition coefficient (Wildman–Crippen LogP) is 5.86. The van der Waals surface area contributed by atoms with Gasteiger partial charge in [-0.25, -0.2) is 4.98 Å². The number of anilines is 1. The summed E-state index contributed by atoms with van der Waals surface area (Å²) in [5, 5.41) is 5.81. The minimum absolute atomic E-state index is 0.617. The summed E-state index contributed by atoms with van der Waals surface area (Å²) in [6.07, 6.45) is 1.20. The summed E-state index contributed by atoms with van der Waals surface area (Å²) in [4.78, 5) is 9.74. The monoisotopic (exact) mass is 462 g/mol. The highest BCUT2D eigenvalue weighted by molar-refractivity contribution is 7.22. The van der Waals surface area contributed by atoms with E-state index in [0.29, 0.717) is 16.0 Å². The number of hydrogen-bond donors (Lipinski definition) is 1. The number of benzene rings is 2. The van der Waals surface area contributed by atoms with Gasteiger partial charge in [0.15, 0.2) is 5.13 Å². The van der Waals surface area contributed by atoms with Gasteiger partial charge in [0, 0.05) is 39.3 Å². The Balaban J connectivity index is 1.15. The van der Waals surface area contributed by atoms with Crippen LogP contribution in [0.2, 0.25) is 10.0 Å². The van der Waals surface area contributed by atoms with Crippen molar-refractivity contribution in [1.82, 2.24) is 14.8 Å². The maximum absolute atomic E-state index is 6.14. The van der Waals surface area contributed by atoms with Crippen LogP contribution in [0.1, 0.15) is 18.9 Å². The molecule has 0 saturated carbocycles. The van der Waals surface area contributed by atoms with Crippen LogP contribution < -0.4 is 5.32 Å². The van der Waals surface area contributed by atoms with Gasteiger partial charge < -0.3 is 10.2 Å². The zero-order valence-electron chi connectivity index (χ0n) is 17.3. The number of halogens is 2. The molecule has 1 aliphatic heterocycles. The molecule has 0 spiro atoms. The number of thiazole rings is 1. The highest BCUT2D eigenvalue weighted by Crippen LogP contribution is 2.26. The van der Waals surface area contributed by atoms with E-state index in [2.05, 4.69) is 51.3 Å². The predicted molar refractivity (Wildman–Crippen MR) is 130 cm³/mol. The Morgan fingerprint density at radius 3 is 2.57 bits per heavy atom. The molecular formula is C23H28Cl2N4S. The molecular weight excluding hydrogens is 435 g/mol. The van der Waals surface area contributed by atoms with Crippen LogP contribution in [0.15, 0.2) is 42.5 Å². The van der Waals surface area contributed by atoms with Crippen molar-refractivity contribution in [3.63, 3.8) is 0 Å². The normalized spacial score (nSPS) is 16.8. The summed E-state index contributed by atoms with van der Waals surface area (Å²) < 4.78 is 1.24. The third-order valence-electron chi connectivity index (χ3n) is 5.69. The third kappa shape index (κ3) is 5.86. The second kappa shape index (κ2) is 10.3. The molecule has 1 fully saturated rings. The van der Waals surface area contributed by atoms with E-state index in [1.807, 2.05) is 18.2 Å². The van der Waals surface area contributed by atoms with Crippen molar-refractivity contribution in [2.45, 2.75) is 19.9 Å². The van der Waals surface area contributed by atoms with Crippen molar-refractivity contribution in [3.05, 3.63) is 58.1 Å². The van der Waals surface area contributed by atoms with Gasteiger partial charge in [0.2, 0.25) is 0 Å². The lowest BCUT2D eigenvalue weighted by molar-refractivity contribution is 0.123. The average Bonchev–Trinajstić information content (AvgIpc) is 3.17. The molecule has 4 rings (SSSR count). The topological polar surface area (TPSA) is 31.4 Å². The minimum Gasteiger partial charge on any atom is -0.361 e. The van der Waals surface area contributed by atoms with Gasteiger partial charge in [-0.2, -0.15) is 0 Å². The summed E-state index contributed by atoms with van der Waals surface area (Å²) in [5.41, 5.74) is 2.31. The lowest BCUT2D eigenvalue weighted by Crippen LogP contribution is -2.46. The number of para-hydroxylation sites is 1. The van der Waals surface area contributed by atoms with Crippen LogP contribution >= 0.6 is 34.5 Å². The minimum atomic E-state index is 0.617. The number of rotatable bonds is 8. The molecule has 2 aromatic carbocycles. The van der Waals surface area contributed by atoms with E-state index in [4.69, 9.17) is 23.2 Å². The van der Waals surface area contributed by atoms with Crippen molar-refractivity contribution < 1.29 is 0 Å². The molecule has 3 aromatic rings. The van der Waals surface area contributed by atoms with Crippen LogP contribution in [0.3, 0.4) is 0 Å². The van der Waals surface area contributed by atoms with Gasteiger partial charge in [0.05, 0.1) is 20.3 Å². The number of aromatic nitrogens is 1. The van der Waals surface area contributed by atoms with Crippen molar-refractivity contribution >= 4 is 49.9 Å². The van der Waals surface area contributed by atoms with Crippen LogP contribution in [-0.2, 0) is 6.54 Å². The van der Waals surface area contributed by atoms with Gasteiger partial charge in [0.1, 0.15) is 0 Å². The second-order valence-electron chi connectivity index (χ2n) is 8.13. The highest BCUT2D eigenvalue weighted by atomic mass is 35.5. The van der Waals surface area contributed by atoms with E-state index in [0.717, 1.165) is 56.5 Å². The number of piperazine rings is 1. The number of hydrogen-bond acceptors (Lipinski definition) is 5. The first-order valence-electron chi connectivity index (χ1n) is 10.5. The molecule has 1 aliphatic rings. The Kier molecular flexibility index (Phi) is 7.50. The first-order valence-corrected chi connectivity index (χ1v) is 12.1. The largest absolute Gasteiger partial charge is 0.361 e. The Hall–Kier alpha value is -1.37. The zero-order chi connectivity index (χ0) is 20.9. The molecule has 4 nitrogen and oxygen atoms in total. The van der Waals surface area contributed by atoms with Crippen molar-refractivity contribution in [3.8, 4) is 0 Å². The van der Waals surface area contributed by atoms with Crippen LogP contribution in [0, 0.1) is 5.92 Å². The molecule has 0 bridgehead atoms. The summed E-state index contributed by atoms with van der Waals surface area (Å²) in [5.74, 6) is 0.617. The number of fused-ring (bicyclic) bond motifs is 1. The SMILES string of the molecule is CC(CCN1CCN(Cc2ccc(Cl)c(Cl)c2)CC1)CNc1nc2ccccc2s1. The highest BCUT2D eigenvalue weighted by Gasteiger charge is 2.18. The third-order valence-corrected chi connectivity index (χ3v) is 7.42. The quantitative estimate of drug-likeness (QED) is 0.454. The van der Waals surface area contributed by atoms with Gasteiger partial charge in [-0.05, 0) is 48.7 Å². The standard InChI is InChI=1S/C23H28Cl2N4S/c1-17(15-26-23-27-21-4-2-3-5-22(21)30-23)8-9-28-10-12-29(13-11-28)16-18-6-7-19(24)20(25)14-18/h2-7,14,17H,8-13,15-16H2,1H3,(H,26,27). The molecule has 1 aromatic heterocycles. The Labute approximate surface area is 192 Å². The first kappa shape index (κ1) is 21.8. The zero-order valence-corrected chi connectivity index (χ0v) is 19.6. The fourth-order valence-electron chi connectivity index (χ4n) is 3.78. The van der Waals surface area contributed by atoms with Gasteiger partial charge in [0.25, 0.3) is 0 Å². The number of nitrogens with one attached hydrogen (secondary N) is 1. The van der Waals surface area contributed by atoms with Crippen molar-refractivity contribution in [2.75, 3.05) is 44.6 Å². The molecule has 0 aliphatic carbocycles. The Bertz CT molecular complexity index is 936. The summed E-state index contributed by atoms with van der Waals surface area (Å²) >= 11 is 13.9. The van der Waals surface area contributed by atoms with Crippen molar-refractivity contribution in [1.29, 1.82) is 0 Å². The second-order valence-corrected chi connectivity index (χ2v) is 9.97. The molecule has 0 radical (unpaired) electrons. The molecule has 1 atom stereocenters. The van der Waals surface area contributed by atoms with E-state index >= 15 is 0 Å². The first-order chi connectivity index (χ1) is 14.6. The van der Waals surface area contributed by atoms with Gasteiger partial charge >= 0.3 is 0 Å². The lowest BCUT2D eigenvalue weighted by atomic mass is 10.1. The lowest BCUT2D eigenvalue weighted by Gasteiger charge is -2.35. The maximum Gasteiger partial charge on any atom is 0.183 e. The van der Waals surface area contributed by atoms with E-state index in [9.17, 15) is 0 Å². The summed E-state index contributed by atoms with van der Waals surface area (Å²) in [6.45, 7) is 9.82. The number of nitrogens with zero attached hydrogens (tertiary/aromatic N) is 3. The van der Waals surface area contributed by atoms with E-state index in [1.54, 1.807) is 11.3 Å². The fraction of sp³-hybridized carbons (Fsp3) is 0.435. The summed E-state index contributed by atoms with van der Waals surface area (Å²) in [7, 11) is 0.